The first-order valence-electron chi connectivity index (χ1n) is 8.74. The zero-order valence-electron chi connectivity index (χ0n) is 14.5. The Bertz CT molecular complexity index is 664. The Morgan fingerprint density at radius 1 is 1.46 bits per heavy atom. The molecular weight excluding hydrogens is 300 g/mol. The maximum Gasteiger partial charge on any atom is 0.194 e. The van der Waals surface area contributed by atoms with Crippen molar-refractivity contribution >= 4 is 5.96 Å². The zero-order valence-corrected chi connectivity index (χ0v) is 14.5. The number of aromatic nitrogens is 3. The van der Waals surface area contributed by atoms with Crippen LogP contribution in [0.3, 0.4) is 0 Å². The molecule has 0 aliphatic carbocycles. The quantitative estimate of drug-likeness (QED) is 0.669. The number of guanidine groups is 1. The van der Waals surface area contributed by atoms with Gasteiger partial charge >= 0.3 is 0 Å². The number of hydrogen-bond donors (Lipinski definition) is 2. The monoisotopic (exact) mass is 326 g/mol. The van der Waals surface area contributed by atoms with Crippen LogP contribution in [-0.4, -0.2) is 45.7 Å². The van der Waals surface area contributed by atoms with E-state index in [1.54, 1.807) is 0 Å². The predicted molar refractivity (Wildman–Crippen MR) is 96.6 cm³/mol. The number of benzene rings is 1. The van der Waals surface area contributed by atoms with Gasteiger partial charge in [-0.15, -0.1) is 0 Å². The number of likely N-dealkylation sites (tertiary alicyclic amines) is 1. The van der Waals surface area contributed by atoms with Crippen molar-refractivity contribution in [1.29, 1.82) is 0 Å². The highest BCUT2D eigenvalue weighted by atomic mass is 15.3. The second-order valence-electron chi connectivity index (χ2n) is 6.40. The minimum atomic E-state index is 0.662. The number of hydrogen-bond acceptors (Lipinski definition) is 3. The molecule has 1 aliphatic rings. The Hall–Kier alpha value is -2.37. The maximum absolute atomic E-state index is 4.85. The van der Waals surface area contributed by atoms with Crippen LogP contribution in [0.2, 0.25) is 0 Å². The van der Waals surface area contributed by atoms with E-state index in [-0.39, 0.29) is 0 Å². The van der Waals surface area contributed by atoms with Crippen LogP contribution >= 0.6 is 0 Å². The molecule has 1 saturated heterocycles. The van der Waals surface area contributed by atoms with Gasteiger partial charge in [0.05, 0.1) is 6.54 Å². The van der Waals surface area contributed by atoms with Gasteiger partial charge in [-0.3, -0.25) is 5.10 Å². The van der Waals surface area contributed by atoms with Gasteiger partial charge in [0.2, 0.25) is 0 Å². The van der Waals surface area contributed by atoms with Gasteiger partial charge in [0.25, 0.3) is 0 Å². The summed E-state index contributed by atoms with van der Waals surface area (Å²) >= 11 is 0. The van der Waals surface area contributed by atoms with Crippen LogP contribution in [0.1, 0.15) is 32.3 Å². The molecule has 0 amide bonds. The highest BCUT2D eigenvalue weighted by Gasteiger charge is 2.19. The number of H-pyrrole nitrogens is 1. The molecule has 0 bridgehead atoms. The second-order valence-corrected chi connectivity index (χ2v) is 6.40. The molecule has 1 aromatic carbocycles. The lowest BCUT2D eigenvalue weighted by Crippen LogP contribution is -2.46. The average molecular weight is 326 g/mol. The summed E-state index contributed by atoms with van der Waals surface area (Å²) in [5, 5.41) is 10.3. The molecule has 1 unspecified atom stereocenters. The Morgan fingerprint density at radius 2 is 2.38 bits per heavy atom. The first-order chi connectivity index (χ1) is 11.8. The summed E-state index contributed by atoms with van der Waals surface area (Å²) in [6.45, 7) is 8.17. The molecule has 0 saturated carbocycles. The molecule has 1 fully saturated rings. The number of aromatic amines is 1. The summed E-state index contributed by atoms with van der Waals surface area (Å²) in [7, 11) is 0. The molecule has 2 aromatic rings. The molecule has 24 heavy (non-hydrogen) atoms. The molecule has 2 heterocycles. The Labute approximate surface area is 143 Å². The molecule has 1 atom stereocenters. The molecule has 1 aliphatic heterocycles. The average Bonchev–Trinajstić information content (AvgIpc) is 3.13. The molecule has 1 aromatic heterocycles. The normalized spacial score (nSPS) is 18.7. The fourth-order valence-corrected chi connectivity index (χ4v) is 3.14. The van der Waals surface area contributed by atoms with Gasteiger partial charge < -0.3 is 10.2 Å². The minimum Gasteiger partial charge on any atom is -0.357 e. The fraction of sp³-hybridized carbons (Fsp3) is 0.500. The fourth-order valence-electron chi connectivity index (χ4n) is 3.14. The molecule has 6 nitrogen and oxygen atoms in total. The first-order valence-corrected chi connectivity index (χ1v) is 8.74. The third kappa shape index (κ3) is 4.13. The molecule has 3 rings (SSSR count). The van der Waals surface area contributed by atoms with Crippen LogP contribution in [0, 0.1) is 5.92 Å². The smallest absolute Gasteiger partial charge is 0.194 e. The predicted octanol–water partition coefficient (Wildman–Crippen LogP) is 2.67. The number of nitrogens with zero attached hydrogens (tertiary/aromatic N) is 4. The zero-order chi connectivity index (χ0) is 16.8. The Balaban J connectivity index is 1.73. The number of rotatable bonds is 4. The molecule has 0 spiro atoms. The summed E-state index contributed by atoms with van der Waals surface area (Å²) in [4.78, 5) is 11.4. The van der Waals surface area contributed by atoms with Gasteiger partial charge in [-0.25, -0.2) is 9.98 Å². The largest absolute Gasteiger partial charge is 0.357 e. The van der Waals surface area contributed by atoms with Gasteiger partial charge in [-0.2, -0.15) is 5.10 Å². The standard InChI is InChI=1S/C18H26N6/c1-3-19-18(24-9-5-6-14(2)12-24)20-11-15-7-4-8-16(10-15)17-21-13-22-23-17/h4,7-8,10,13-14H,3,5-6,9,11-12H2,1-2H3,(H,19,20)(H,21,22,23). The summed E-state index contributed by atoms with van der Waals surface area (Å²) in [6, 6.07) is 8.29. The van der Waals surface area contributed by atoms with E-state index in [9.17, 15) is 0 Å². The van der Waals surface area contributed by atoms with Crippen LogP contribution in [0.25, 0.3) is 11.4 Å². The van der Waals surface area contributed by atoms with Crippen molar-refractivity contribution in [3.63, 3.8) is 0 Å². The Morgan fingerprint density at radius 3 is 3.12 bits per heavy atom. The summed E-state index contributed by atoms with van der Waals surface area (Å²) in [5.74, 6) is 2.55. The van der Waals surface area contributed by atoms with Crippen molar-refractivity contribution < 1.29 is 0 Å². The van der Waals surface area contributed by atoms with Crippen LogP contribution < -0.4 is 5.32 Å². The minimum absolute atomic E-state index is 0.662. The molecule has 128 valence electrons. The van der Waals surface area contributed by atoms with Crippen molar-refractivity contribution in [3.8, 4) is 11.4 Å². The van der Waals surface area contributed by atoms with Crippen molar-refractivity contribution in [2.24, 2.45) is 10.9 Å². The van der Waals surface area contributed by atoms with E-state index >= 15 is 0 Å². The lowest BCUT2D eigenvalue weighted by molar-refractivity contribution is 0.266. The van der Waals surface area contributed by atoms with E-state index in [4.69, 9.17) is 4.99 Å². The van der Waals surface area contributed by atoms with E-state index in [1.165, 1.54) is 24.7 Å². The third-order valence-electron chi connectivity index (χ3n) is 4.32. The van der Waals surface area contributed by atoms with Crippen LogP contribution in [0.4, 0.5) is 0 Å². The number of aliphatic imine (C=N–C) groups is 1. The van der Waals surface area contributed by atoms with Crippen LogP contribution in [-0.2, 0) is 6.54 Å². The van der Waals surface area contributed by atoms with Crippen LogP contribution in [0.15, 0.2) is 35.6 Å². The van der Waals surface area contributed by atoms with Crippen molar-refractivity contribution in [1.82, 2.24) is 25.4 Å². The molecule has 2 N–H and O–H groups in total. The van der Waals surface area contributed by atoms with Crippen molar-refractivity contribution in [2.45, 2.75) is 33.2 Å². The number of nitrogens with one attached hydrogen (secondary N) is 2. The van der Waals surface area contributed by atoms with Gasteiger partial charge in [0, 0.05) is 25.2 Å². The maximum atomic E-state index is 4.85. The van der Waals surface area contributed by atoms with Gasteiger partial charge in [-0.1, -0.05) is 25.1 Å². The SMILES string of the molecule is CCNC(=NCc1cccc(-c2ncn[nH]2)c1)N1CCCC(C)C1. The third-order valence-corrected chi connectivity index (χ3v) is 4.32. The molecular formula is C18H26N6. The van der Waals surface area contributed by atoms with Gasteiger partial charge in [0.1, 0.15) is 6.33 Å². The lowest BCUT2D eigenvalue weighted by Gasteiger charge is -2.33. The van der Waals surface area contributed by atoms with Crippen LogP contribution in [0.5, 0.6) is 0 Å². The summed E-state index contributed by atoms with van der Waals surface area (Å²) < 4.78 is 0. The Kier molecular flexibility index (Phi) is 5.46. The van der Waals surface area contributed by atoms with Gasteiger partial charge in [-0.05, 0) is 37.3 Å². The summed E-state index contributed by atoms with van der Waals surface area (Å²) in [6.07, 6.45) is 4.09. The van der Waals surface area contributed by atoms with Gasteiger partial charge in [0.15, 0.2) is 11.8 Å². The highest BCUT2D eigenvalue weighted by Crippen LogP contribution is 2.17. The molecule has 6 heteroatoms. The lowest BCUT2D eigenvalue weighted by atomic mass is 10.0. The van der Waals surface area contributed by atoms with E-state index < -0.39 is 0 Å². The summed E-state index contributed by atoms with van der Waals surface area (Å²) in [5.41, 5.74) is 2.21. The second kappa shape index (κ2) is 7.95. The first kappa shape index (κ1) is 16.5. The highest BCUT2D eigenvalue weighted by molar-refractivity contribution is 5.80. The number of piperidine rings is 1. The topological polar surface area (TPSA) is 69.2 Å². The van der Waals surface area contributed by atoms with E-state index in [1.807, 2.05) is 12.1 Å². The van der Waals surface area contributed by atoms with E-state index in [2.05, 4.69) is 51.4 Å². The van der Waals surface area contributed by atoms with Crippen molar-refractivity contribution in [2.75, 3.05) is 19.6 Å². The van der Waals surface area contributed by atoms with E-state index in [0.29, 0.717) is 6.54 Å². The molecule has 0 radical (unpaired) electrons. The van der Waals surface area contributed by atoms with Crippen molar-refractivity contribution in [3.05, 3.63) is 36.2 Å². The van der Waals surface area contributed by atoms with E-state index in [0.717, 1.165) is 42.9 Å².